The first-order valence-corrected chi connectivity index (χ1v) is 6.59. The molecule has 106 valence electrons. The topological polar surface area (TPSA) is 78.4 Å². The van der Waals surface area contributed by atoms with Crippen molar-refractivity contribution in [3.05, 3.63) is 64.7 Å². The smallest absolute Gasteiger partial charge is 0.322 e. The number of phenolic OH excluding ortho intramolecular Hbond substituents is 1. The van der Waals surface area contributed by atoms with Crippen LogP contribution in [0.25, 0.3) is 0 Å². The molecule has 1 saturated heterocycles. The number of nitrogens with one attached hydrogen (secondary N) is 2. The van der Waals surface area contributed by atoms with Gasteiger partial charge in [-0.05, 0) is 35.4 Å². The number of amides is 3. The van der Waals surface area contributed by atoms with Crippen molar-refractivity contribution < 1.29 is 14.7 Å². The van der Waals surface area contributed by atoms with Gasteiger partial charge in [0, 0.05) is 5.02 Å². The third-order valence-electron chi connectivity index (χ3n) is 3.45. The van der Waals surface area contributed by atoms with Gasteiger partial charge >= 0.3 is 6.03 Å². The first kappa shape index (κ1) is 13.5. The van der Waals surface area contributed by atoms with Gasteiger partial charge in [-0.3, -0.25) is 10.1 Å². The third kappa shape index (κ3) is 2.11. The van der Waals surface area contributed by atoms with Gasteiger partial charge in [-0.1, -0.05) is 35.9 Å². The lowest BCUT2D eigenvalue weighted by Crippen LogP contribution is -2.44. The summed E-state index contributed by atoms with van der Waals surface area (Å²) in [6, 6.07) is 12.2. The number of rotatable bonds is 2. The number of imide groups is 1. The van der Waals surface area contributed by atoms with Gasteiger partial charge in [0.05, 0.1) is 0 Å². The minimum Gasteiger partial charge on any atom is -0.508 e. The molecule has 3 amide bonds. The largest absolute Gasteiger partial charge is 0.508 e. The molecule has 3 N–H and O–H groups in total. The summed E-state index contributed by atoms with van der Waals surface area (Å²) >= 11 is 5.87. The minimum atomic E-state index is -1.32. The second-order valence-corrected chi connectivity index (χ2v) is 5.15. The van der Waals surface area contributed by atoms with Crippen LogP contribution in [0.5, 0.6) is 5.75 Å². The molecule has 1 unspecified atom stereocenters. The normalized spacial score (nSPS) is 21.0. The van der Waals surface area contributed by atoms with E-state index in [0.29, 0.717) is 16.1 Å². The molecule has 2 aromatic carbocycles. The zero-order valence-corrected chi connectivity index (χ0v) is 11.5. The van der Waals surface area contributed by atoms with Gasteiger partial charge in [0.2, 0.25) is 0 Å². The summed E-state index contributed by atoms with van der Waals surface area (Å²) in [7, 11) is 0. The van der Waals surface area contributed by atoms with Gasteiger partial charge in [-0.25, -0.2) is 4.79 Å². The second kappa shape index (κ2) is 4.79. The summed E-state index contributed by atoms with van der Waals surface area (Å²) < 4.78 is 0. The van der Waals surface area contributed by atoms with Gasteiger partial charge in [-0.2, -0.15) is 0 Å². The summed E-state index contributed by atoms with van der Waals surface area (Å²) in [6.07, 6.45) is 0. The van der Waals surface area contributed by atoms with E-state index in [9.17, 15) is 14.7 Å². The Labute approximate surface area is 125 Å². The van der Waals surface area contributed by atoms with Crippen molar-refractivity contribution in [2.75, 3.05) is 0 Å². The zero-order valence-electron chi connectivity index (χ0n) is 10.8. The van der Waals surface area contributed by atoms with Crippen LogP contribution in [-0.2, 0) is 10.3 Å². The van der Waals surface area contributed by atoms with Crippen LogP contribution in [0.15, 0.2) is 48.5 Å². The van der Waals surface area contributed by atoms with Crippen LogP contribution in [0.2, 0.25) is 5.02 Å². The van der Waals surface area contributed by atoms with Gasteiger partial charge in [0.25, 0.3) is 5.91 Å². The van der Waals surface area contributed by atoms with Crippen LogP contribution in [0.3, 0.4) is 0 Å². The van der Waals surface area contributed by atoms with E-state index < -0.39 is 17.5 Å². The molecule has 0 bridgehead atoms. The number of halogens is 1. The number of aromatic hydroxyl groups is 1. The van der Waals surface area contributed by atoms with Gasteiger partial charge in [0.1, 0.15) is 5.75 Å². The molecule has 1 aliphatic rings. The lowest BCUT2D eigenvalue weighted by molar-refractivity contribution is -0.122. The first-order valence-electron chi connectivity index (χ1n) is 6.21. The van der Waals surface area contributed by atoms with Crippen LogP contribution < -0.4 is 10.6 Å². The molecule has 21 heavy (non-hydrogen) atoms. The predicted molar refractivity (Wildman–Crippen MR) is 77.0 cm³/mol. The number of phenols is 1. The maximum Gasteiger partial charge on any atom is 0.322 e. The van der Waals surface area contributed by atoms with E-state index in [1.807, 2.05) is 0 Å². The Morgan fingerprint density at radius 1 is 0.905 bits per heavy atom. The molecule has 0 aromatic heterocycles. The van der Waals surface area contributed by atoms with Crippen molar-refractivity contribution >= 4 is 23.5 Å². The summed E-state index contributed by atoms with van der Waals surface area (Å²) in [5.74, 6) is -0.393. The van der Waals surface area contributed by atoms with E-state index in [-0.39, 0.29) is 5.75 Å². The maximum absolute atomic E-state index is 12.4. The van der Waals surface area contributed by atoms with Crippen molar-refractivity contribution in [2.24, 2.45) is 0 Å². The van der Waals surface area contributed by atoms with Crippen LogP contribution in [0, 0.1) is 0 Å². The summed E-state index contributed by atoms with van der Waals surface area (Å²) in [6.45, 7) is 0. The quantitative estimate of drug-likeness (QED) is 0.744. The molecular formula is C15H11ClN2O3. The average molecular weight is 303 g/mol. The van der Waals surface area contributed by atoms with Gasteiger partial charge in [0.15, 0.2) is 5.54 Å². The van der Waals surface area contributed by atoms with E-state index in [0.717, 1.165) is 0 Å². The molecule has 1 heterocycles. The average Bonchev–Trinajstić information content (AvgIpc) is 2.76. The van der Waals surface area contributed by atoms with Crippen LogP contribution in [-0.4, -0.2) is 17.0 Å². The molecule has 0 radical (unpaired) electrons. The van der Waals surface area contributed by atoms with Crippen molar-refractivity contribution in [1.82, 2.24) is 10.6 Å². The SMILES string of the molecule is O=C1NC(=O)C(c2ccc(O)cc2)(c2ccc(Cl)cc2)N1. The van der Waals surface area contributed by atoms with Crippen molar-refractivity contribution in [3.8, 4) is 5.75 Å². The van der Waals surface area contributed by atoms with Gasteiger partial charge < -0.3 is 10.4 Å². The Morgan fingerprint density at radius 3 is 1.90 bits per heavy atom. The van der Waals surface area contributed by atoms with Crippen molar-refractivity contribution in [1.29, 1.82) is 0 Å². The molecule has 0 saturated carbocycles. The molecule has 6 heteroatoms. The van der Waals surface area contributed by atoms with E-state index in [4.69, 9.17) is 11.6 Å². The molecule has 0 spiro atoms. The molecule has 2 aromatic rings. The Hall–Kier alpha value is -2.53. The highest BCUT2D eigenvalue weighted by atomic mass is 35.5. The van der Waals surface area contributed by atoms with Gasteiger partial charge in [-0.15, -0.1) is 0 Å². The fourth-order valence-electron chi connectivity index (χ4n) is 2.44. The van der Waals surface area contributed by atoms with Crippen molar-refractivity contribution in [3.63, 3.8) is 0 Å². The van der Waals surface area contributed by atoms with E-state index in [2.05, 4.69) is 10.6 Å². The molecule has 0 aliphatic carbocycles. The summed E-state index contributed by atoms with van der Waals surface area (Å²) in [4.78, 5) is 24.0. The minimum absolute atomic E-state index is 0.0785. The van der Waals surface area contributed by atoms with Crippen LogP contribution in [0.4, 0.5) is 4.79 Å². The molecular weight excluding hydrogens is 292 g/mol. The summed E-state index contributed by atoms with van der Waals surface area (Å²) in [5.41, 5.74) is -0.193. The Balaban J connectivity index is 2.20. The monoisotopic (exact) mass is 302 g/mol. The van der Waals surface area contributed by atoms with Crippen LogP contribution >= 0.6 is 11.6 Å². The highest BCUT2D eigenvalue weighted by Crippen LogP contribution is 2.34. The Kier molecular flexibility index (Phi) is 3.07. The molecule has 1 fully saturated rings. The standard InChI is InChI=1S/C15H11ClN2O3/c16-11-5-1-9(2-6-11)15(13(20)17-14(21)18-15)10-3-7-12(19)8-4-10/h1-8,19H,(H2,17,18,20,21). The number of carbonyl (C=O) groups is 2. The van der Waals surface area contributed by atoms with E-state index in [1.54, 1.807) is 36.4 Å². The Bertz CT molecular complexity index is 665. The Morgan fingerprint density at radius 2 is 1.43 bits per heavy atom. The lowest BCUT2D eigenvalue weighted by atomic mass is 9.83. The second-order valence-electron chi connectivity index (χ2n) is 4.71. The maximum atomic E-state index is 12.4. The lowest BCUT2D eigenvalue weighted by Gasteiger charge is -2.27. The van der Waals surface area contributed by atoms with E-state index in [1.165, 1.54) is 12.1 Å². The number of hydrogen-bond acceptors (Lipinski definition) is 3. The molecule has 1 aliphatic heterocycles. The summed E-state index contributed by atoms with van der Waals surface area (Å²) in [5, 5.41) is 14.8. The van der Waals surface area contributed by atoms with E-state index >= 15 is 0 Å². The molecule has 1 atom stereocenters. The number of urea groups is 1. The highest BCUT2D eigenvalue weighted by Gasteiger charge is 2.49. The highest BCUT2D eigenvalue weighted by molar-refractivity contribution is 6.30. The zero-order chi connectivity index (χ0) is 15.0. The molecule has 5 nitrogen and oxygen atoms in total. The number of hydrogen-bond donors (Lipinski definition) is 3. The number of carbonyl (C=O) groups excluding carboxylic acids is 2. The predicted octanol–water partition coefficient (Wildman–Crippen LogP) is 2.13. The molecule has 3 rings (SSSR count). The third-order valence-corrected chi connectivity index (χ3v) is 3.70. The first-order chi connectivity index (χ1) is 10.0. The fourth-order valence-corrected chi connectivity index (χ4v) is 2.57. The fraction of sp³-hybridized carbons (Fsp3) is 0.0667. The van der Waals surface area contributed by atoms with Crippen LogP contribution in [0.1, 0.15) is 11.1 Å². The van der Waals surface area contributed by atoms with Crippen molar-refractivity contribution in [2.45, 2.75) is 5.54 Å². The number of benzene rings is 2.